The first-order chi connectivity index (χ1) is 14.6. The molecule has 1 heterocycles. The fourth-order valence-corrected chi connectivity index (χ4v) is 4.81. The van der Waals surface area contributed by atoms with Gasteiger partial charge in [0, 0.05) is 5.56 Å². The van der Waals surface area contributed by atoms with Crippen molar-refractivity contribution in [3.63, 3.8) is 0 Å². The summed E-state index contributed by atoms with van der Waals surface area (Å²) in [4.78, 5) is 12.8. The molecule has 1 unspecified atom stereocenters. The van der Waals surface area contributed by atoms with Gasteiger partial charge >= 0.3 is 0 Å². The summed E-state index contributed by atoms with van der Waals surface area (Å²) in [6.07, 6.45) is 3.43. The second-order valence-electron chi connectivity index (χ2n) is 9.84. The van der Waals surface area contributed by atoms with Crippen LogP contribution in [0.1, 0.15) is 48.2 Å². The lowest BCUT2D eigenvalue weighted by Gasteiger charge is -2.43. The number of hydrogen-bond acceptors (Lipinski definition) is 1. The van der Waals surface area contributed by atoms with Crippen molar-refractivity contribution in [2.24, 2.45) is 11.8 Å². The van der Waals surface area contributed by atoms with Gasteiger partial charge in [0.05, 0.1) is 42.8 Å². The van der Waals surface area contributed by atoms with Gasteiger partial charge in [-0.1, -0.05) is 60.8 Å². The molecule has 0 radical (unpaired) electrons. The maximum absolute atomic E-state index is 12.8. The van der Waals surface area contributed by atoms with Crippen LogP contribution in [0.25, 0.3) is 0 Å². The zero-order chi connectivity index (χ0) is 22.6. The maximum atomic E-state index is 12.8. The van der Waals surface area contributed by atoms with E-state index in [1.54, 1.807) is 0 Å². The highest BCUT2D eigenvalue weighted by Gasteiger charge is 2.34. The molecular formula is C26H35Cl3N2O. The Labute approximate surface area is 209 Å². The number of benzene rings is 2. The number of carbonyl (C=O) groups is 1. The van der Waals surface area contributed by atoms with E-state index in [0.29, 0.717) is 21.9 Å². The minimum atomic E-state index is 0. The van der Waals surface area contributed by atoms with Crippen molar-refractivity contribution in [3.8, 4) is 0 Å². The lowest BCUT2D eigenvalue weighted by Crippen LogP contribution is -3.00. The third-order valence-electron chi connectivity index (χ3n) is 6.74. The number of likely N-dealkylation sites (N-methyl/N-ethyl adjacent to an activating group) is 1. The first-order valence-corrected chi connectivity index (χ1v) is 12.1. The van der Waals surface area contributed by atoms with Gasteiger partial charge in [-0.3, -0.25) is 4.79 Å². The van der Waals surface area contributed by atoms with E-state index in [2.05, 4.69) is 32.3 Å². The Bertz CT molecular complexity index is 890. The van der Waals surface area contributed by atoms with E-state index in [9.17, 15) is 4.79 Å². The van der Waals surface area contributed by atoms with Gasteiger partial charge < -0.3 is 22.2 Å². The van der Waals surface area contributed by atoms with Crippen LogP contribution < -0.4 is 17.7 Å². The molecule has 1 atom stereocenters. The van der Waals surface area contributed by atoms with E-state index in [1.807, 2.05) is 43.3 Å². The Kier molecular flexibility index (Phi) is 9.90. The number of nitrogens with one attached hydrogen (secondary N) is 1. The molecule has 0 bridgehead atoms. The van der Waals surface area contributed by atoms with Crippen LogP contribution in [-0.2, 0) is 6.42 Å². The highest BCUT2D eigenvalue weighted by molar-refractivity contribution is 6.42. The molecule has 1 N–H and O–H groups in total. The SMILES string of the molecule is Cc1ccc(C(=O)NC(C[N+]2(C)CCC(Cc3ccc(Cl)c(Cl)c3)CC2)C(C)C)cc1.[Cl-]. The highest BCUT2D eigenvalue weighted by atomic mass is 35.5. The van der Waals surface area contributed by atoms with Gasteiger partial charge in [-0.05, 0) is 67.9 Å². The van der Waals surface area contributed by atoms with Crippen LogP contribution in [0.15, 0.2) is 42.5 Å². The lowest BCUT2D eigenvalue weighted by molar-refractivity contribution is -0.916. The number of nitrogens with zero attached hydrogens (tertiary/aromatic N) is 1. The fraction of sp³-hybridized carbons (Fsp3) is 0.500. The molecule has 0 aliphatic carbocycles. The summed E-state index contributed by atoms with van der Waals surface area (Å²) in [5.41, 5.74) is 3.17. The Balaban J connectivity index is 0.00000363. The number of hydrogen-bond donors (Lipinski definition) is 1. The van der Waals surface area contributed by atoms with Crippen molar-refractivity contribution < 1.29 is 21.7 Å². The molecule has 1 aliphatic rings. The van der Waals surface area contributed by atoms with Gasteiger partial charge in [0.1, 0.15) is 0 Å². The van der Waals surface area contributed by atoms with Crippen LogP contribution in [0.5, 0.6) is 0 Å². The quantitative estimate of drug-likeness (QED) is 0.585. The Hall–Kier alpha value is -1.26. The highest BCUT2D eigenvalue weighted by Crippen LogP contribution is 2.29. The number of rotatable bonds is 7. The van der Waals surface area contributed by atoms with Crippen molar-refractivity contribution in [1.29, 1.82) is 0 Å². The molecule has 1 saturated heterocycles. The third kappa shape index (κ3) is 7.38. The maximum Gasteiger partial charge on any atom is 0.251 e. The molecule has 2 aromatic rings. The molecule has 6 heteroatoms. The molecule has 0 aromatic heterocycles. The monoisotopic (exact) mass is 496 g/mol. The topological polar surface area (TPSA) is 29.1 Å². The molecule has 32 heavy (non-hydrogen) atoms. The van der Waals surface area contributed by atoms with Crippen molar-refractivity contribution in [2.75, 3.05) is 26.7 Å². The minimum Gasteiger partial charge on any atom is -1.00 e. The predicted molar refractivity (Wildman–Crippen MR) is 131 cm³/mol. The van der Waals surface area contributed by atoms with Gasteiger partial charge in [0.2, 0.25) is 0 Å². The first-order valence-electron chi connectivity index (χ1n) is 11.3. The van der Waals surface area contributed by atoms with Gasteiger partial charge in [0.15, 0.2) is 0 Å². The molecular weight excluding hydrogens is 463 g/mol. The van der Waals surface area contributed by atoms with E-state index >= 15 is 0 Å². The Morgan fingerprint density at radius 1 is 1.06 bits per heavy atom. The van der Waals surface area contributed by atoms with Crippen molar-refractivity contribution in [3.05, 3.63) is 69.2 Å². The third-order valence-corrected chi connectivity index (χ3v) is 7.47. The zero-order valence-corrected chi connectivity index (χ0v) is 21.8. The van der Waals surface area contributed by atoms with Crippen LogP contribution in [0.2, 0.25) is 10.0 Å². The van der Waals surface area contributed by atoms with Crippen molar-refractivity contribution >= 4 is 29.1 Å². The summed E-state index contributed by atoms with van der Waals surface area (Å²) in [6, 6.07) is 13.9. The fourth-order valence-electron chi connectivity index (χ4n) is 4.49. The molecule has 176 valence electrons. The van der Waals surface area contributed by atoms with E-state index in [4.69, 9.17) is 23.2 Å². The Morgan fingerprint density at radius 3 is 2.25 bits per heavy atom. The first kappa shape index (κ1) is 27.0. The average Bonchev–Trinajstić information content (AvgIpc) is 2.72. The summed E-state index contributed by atoms with van der Waals surface area (Å²) < 4.78 is 1.01. The van der Waals surface area contributed by atoms with E-state index < -0.39 is 0 Å². The van der Waals surface area contributed by atoms with Gasteiger partial charge in [0.25, 0.3) is 5.91 Å². The van der Waals surface area contributed by atoms with Crippen LogP contribution in [0.4, 0.5) is 0 Å². The van der Waals surface area contributed by atoms with Crippen LogP contribution in [-0.4, -0.2) is 43.1 Å². The number of amides is 1. The average molecular weight is 498 g/mol. The van der Waals surface area contributed by atoms with Crippen molar-refractivity contribution in [1.82, 2.24) is 5.32 Å². The predicted octanol–water partition coefficient (Wildman–Crippen LogP) is 3.16. The zero-order valence-electron chi connectivity index (χ0n) is 19.5. The number of carbonyl (C=O) groups excluding carboxylic acids is 1. The standard InChI is InChI=1S/C26H34Cl2N2O.ClH/c1-18(2)25(29-26(31)22-8-5-19(3)6-9-22)17-30(4)13-11-20(12-14-30)15-21-7-10-23(27)24(28)16-21;/h5-10,16,18,20,25H,11-15,17H2,1-4H3;1H. The summed E-state index contributed by atoms with van der Waals surface area (Å²) in [6.45, 7) is 9.67. The molecule has 0 saturated carbocycles. The van der Waals surface area contributed by atoms with E-state index in [-0.39, 0.29) is 24.4 Å². The number of likely N-dealkylation sites (tertiary alicyclic amines) is 1. The molecule has 2 aromatic carbocycles. The Morgan fingerprint density at radius 2 is 1.69 bits per heavy atom. The number of halogens is 3. The van der Waals surface area contributed by atoms with Crippen LogP contribution in [0.3, 0.4) is 0 Å². The number of aryl methyl sites for hydroxylation is 1. The normalized spacial score (nSPS) is 21.7. The second-order valence-corrected chi connectivity index (χ2v) is 10.6. The number of quaternary nitrogens is 1. The molecule has 1 aliphatic heterocycles. The van der Waals surface area contributed by atoms with Crippen LogP contribution in [0, 0.1) is 18.8 Å². The molecule has 1 fully saturated rings. The molecule has 3 nitrogen and oxygen atoms in total. The van der Waals surface area contributed by atoms with E-state index in [0.717, 1.165) is 36.1 Å². The summed E-state index contributed by atoms with van der Waals surface area (Å²) in [7, 11) is 2.34. The number of piperidine rings is 1. The van der Waals surface area contributed by atoms with Gasteiger partial charge in [-0.15, -0.1) is 0 Å². The summed E-state index contributed by atoms with van der Waals surface area (Å²) in [5.74, 6) is 1.08. The smallest absolute Gasteiger partial charge is 0.251 e. The van der Waals surface area contributed by atoms with Crippen molar-refractivity contribution in [2.45, 2.75) is 46.1 Å². The second kappa shape index (κ2) is 11.7. The largest absolute Gasteiger partial charge is 1.00 e. The summed E-state index contributed by atoms with van der Waals surface area (Å²) in [5, 5.41) is 4.56. The summed E-state index contributed by atoms with van der Waals surface area (Å²) >= 11 is 12.2. The van der Waals surface area contributed by atoms with Gasteiger partial charge in [-0.2, -0.15) is 0 Å². The van der Waals surface area contributed by atoms with Crippen LogP contribution >= 0.6 is 23.2 Å². The lowest BCUT2D eigenvalue weighted by atomic mass is 9.88. The molecule has 3 rings (SSSR count). The minimum absolute atomic E-state index is 0. The van der Waals surface area contributed by atoms with E-state index in [1.165, 1.54) is 24.0 Å². The van der Waals surface area contributed by atoms with Gasteiger partial charge in [-0.25, -0.2) is 0 Å². The molecule has 1 amide bonds. The molecule has 0 spiro atoms.